The summed E-state index contributed by atoms with van der Waals surface area (Å²) in [5.74, 6) is 0.358. The number of nitrogens with one attached hydrogen (secondary N) is 1. The molecule has 1 saturated heterocycles. The molecule has 0 aliphatic carbocycles. The largest absolute Gasteiger partial charge is 0.497 e. The average molecular weight is 510 g/mol. The third-order valence-electron chi connectivity index (χ3n) is 6.17. The molecular formula is C27H31N3O5S. The second-order valence-corrected chi connectivity index (χ2v) is 10.6. The predicted octanol–water partition coefficient (Wildman–Crippen LogP) is 3.28. The molecule has 3 aromatic rings. The van der Waals surface area contributed by atoms with Crippen LogP contribution in [0, 0.1) is 0 Å². The van der Waals surface area contributed by atoms with Crippen molar-refractivity contribution in [3.8, 4) is 5.75 Å². The molecule has 1 aliphatic heterocycles. The zero-order chi connectivity index (χ0) is 25.5. The lowest BCUT2D eigenvalue weighted by Crippen LogP contribution is -2.35. The standard InChI is InChI=1S/C27H31N3O5S/c1-29(36(32,33)26-12-10-25(34-2)11-13-26)24-8-6-23(7-9-24)27(31)28-19-21-4-3-5-22(18-21)20-30-14-16-35-17-15-30/h3-13,18H,14-17,19-20H2,1-2H3,(H,28,31). The van der Waals surface area contributed by atoms with Gasteiger partial charge in [-0.1, -0.05) is 24.3 Å². The van der Waals surface area contributed by atoms with Crippen molar-refractivity contribution in [1.29, 1.82) is 0 Å². The van der Waals surface area contributed by atoms with Gasteiger partial charge in [0.25, 0.3) is 15.9 Å². The molecule has 4 rings (SSSR count). The van der Waals surface area contributed by atoms with E-state index >= 15 is 0 Å². The highest BCUT2D eigenvalue weighted by Gasteiger charge is 2.21. The molecule has 190 valence electrons. The minimum atomic E-state index is -3.74. The Bertz CT molecular complexity index is 1270. The van der Waals surface area contributed by atoms with E-state index < -0.39 is 10.0 Å². The number of sulfonamides is 1. The number of morpholine rings is 1. The number of carbonyl (C=O) groups excluding carboxylic acids is 1. The van der Waals surface area contributed by atoms with Gasteiger partial charge in [-0.25, -0.2) is 8.42 Å². The summed E-state index contributed by atoms with van der Waals surface area (Å²) in [4.78, 5) is 15.2. The van der Waals surface area contributed by atoms with Crippen LogP contribution in [0.5, 0.6) is 5.75 Å². The van der Waals surface area contributed by atoms with Crippen molar-refractivity contribution < 1.29 is 22.7 Å². The Hall–Kier alpha value is -3.40. The molecule has 0 spiro atoms. The van der Waals surface area contributed by atoms with Crippen molar-refractivity contribution in [3.05, 3.63) is 89.5 Å². The first-order chi connectivity index (χ1) is 17.4. The summed E-state index contributed by atoms with van der Waals surface area (Å²) in [6, 6.07) is 20.9. The average Bonchev–Trinajstić information content (AvgIpc) is 2.92. The lowest BCUT2D eigenvalue weighted by atomic mass is 10.1. The van der Waals surface area contributed by atoms with Crippen LogP contribution in [0.2, 0.25) is 0 Å². The summed E-state index contributed by atoms with van der Waals surface area (Å²) in [6.45, 7) is 4.64. The highest BCUT2D eigenvalue weighted by molar-refractivity contribution is 7.92. The van der Waals surface area contributed by atoms with Crippen molar-refractivity contribution in [2.45, 2.75) is 18.0 Å². The number of carbonyl (C=O) groups is 1. The summed E-state index contributed by atoms with van der Waals surface area (Å²) in [5.41, 5.74) is 3.14. The van der Waals surface area contributed by atoms with Crippen LogP contribution >= 0.6 is 0 Å². The fourth-order valence-electron chi connectivity index (χ4n) is 4.01. The zero-order valence-electron chi connectivity index (χ0n) is 20.5. The van der Waals surface area contributed by atoms with Gasteiger partial charge in [-0.3, -0.25) is 14.0 Å². The van der Waals surface area contributed by atoms with Crippen LogP contribution in [0.15, 0.2) is 77.7 Å². The van der Waals surface area contributed by atoms with E-state index in [0.717, 1.165) is 38.4 Å². The van der Waals surface area contributed by atoms with Gasteiger partial charge in [-0.15, -0.1) is 0 Å². The number of amides is 1. The molecule has 8 nitrogen and oxygen atoms in total. The smallest absolute Gasteiger partial charge is 0.264 e. The molecule has 1 heterocycles. The number of anilines is 1. The van der Waals surface area contributed by atoms with Crippen LogP contribution < -0.4 is 14.4 Å². The van der Waals surface area contributed by atoms with Crippen molar-refractivity contribution in [2.75, 3.05) is 44.8 Å². The minimum Gasteiger partial charge on any atom is -0.497 e. The Kier molecular flexibility index (Phi) is 8.25. The molecular weight excluding hydrogens is 478 g/mol. The van der Waals surface area contributed by atoms with Crippen molar-refractivity contribution in [1.82, 2.24) is 10.2 Å². The maximum absolute atomic E-state index is 13.0. The third kappa shape index (κ3) is 6.23. The topological polar surface area (TPSA) is 88.2 Å². The first-order valence-corrected chi connectivity index (χ1v) is 13.2. The highest BCUT2D eigenvalue weighted by atomic mass is 32.2. The normalized spacial score (nSPS) is 14.3. The van der Waals surface area contributed by atoms with Gasteiger partial charge >= 0.3 is 0 Å². The van der Waals surface area contributed by atoms with Gasteiger partial charge in [0.1, 0.15) is 5.75 Å². The maximum Gasteiger partial charge on any atom is 0.264 e. The molecule has 0 unspecified atom stereocenters. The van der Waals surface area contributed by atoms with E-state index in [2.05, 4.69) is 22.3 Å². The Balaban J connectivity index is 1.36. The van der Waals surface area contributed by atoms with Crippen LogP contribution in [0.4, 0.5) is 5.69 Å². The molecule has 1 fully saturated rings. The summed E-state index contributed by atoms with van der Waals surface area (Å²) >= 11 is 0. The number of benzene rings is 3. The first kappa shape index (κ1) is 25.7. The molecule has 36 heavy (non-hydrogen) atoms. The second kappa shape index (κ2) is 11.6. The molecule has 1 amide bonds. The Morgan fingerprint density at radius 3 is 2.33 bits per heavy atom. The van der Waals surface area contributed by atoms with Crippen molar-refractivity contribution in [3.63, 3.8) is 0 Å². The van der Waals surface area contributed by atoms with E-state index in [-0.39, 0.29) is 10.8 Å². The third-order valence-corrected chi connectivity index (χ3v) is 7.97. The van der Waals surface area contributed by atoms with Gasteiger partial charge in [0.2, 0.25) is 0 Å². The lowest BCUT2D eigenvalue weighted by Gasteiger charge is -2.26. The molecule has 1 aliphatic rings. The number of hydrogen-bond donors (Lipinski definition) is 1. The number of rotatable bonds is 9. The Morgan fingerprint density at radius 1 is 1.00 bits per heavy atom. The number of hydrogen-bond acceptors (Lipinski definition) is 6. The molecule has 0 aromatic heterocycles. The van der Waals surface area contributed by atoms with Gasteiger partial charge in [0, 0.05) is 38.8 Å². The van der Waals surface area contributed by atoms with E-state index in [1.165, 1.54) is 36.2 Å². The molecule has 0 atom stereocenters. The molecule has 0 radical (unpaired) electrons. The molecule has 3 aromatic carbocycles. The van der Waals surface area contributed by atoms with Crippen LogP contribution in [0.1, 0.15) is 21.5 Å². The molecule has 0 saturated carbocycles. The van der Waals surface area contributed by atoms with E-state index in [0.29, 0.717) is 23.5 Å². The predicted molar refractivity (Wildman–Crippen MR) is 139 cm³/mol. The van der Waals surface area contributed by atoms with E-state index in [4.69, 9.17) is 9.47 Å². The molecule has 1 N–H and O–H groups in total. The van der Waals surface area contributed by atoms with E-state index in [1.807, 2.05) is 12.1 Å². The highest BCUT2D eigenvalue weighted by Crippen LogP contribution is 2.24. The van der Waals surface area contributed by atoms with Gasteiger partial charge in [0.15, 0.2) is 0 Å². The Morgan fingerprint density at radius 2 is 1.67 bits per heavy atom. The maximum atomic E-state index is 13.0. The van der Waals surface area contributed by atoms with Crippen LogP contribution in [-0.2, 0) is 27.8 Å². The van der Waals surface area contributed by atoms with Gasteiger partial charge in [-0.2, -0.15) is 0 Å². The summed E-state index contributed by atoms with van der Waals surface area (Å²) in [5, 5.41) is 2.95. The minimum absolute atomic E-state index is 0.156. The van der Waals surface area contributed by atoms with Gasteiger partial charge in [0.05, 0.1) is 30.9 Å². The fourth-order valence-corrected chi connectivity index (χ4v) is 5.20. The number of nitrogens with zero attached hydrogens (tertiary/aromatic N) is 2. The van der Waals surface area contributed by atoms with Gasteiger partial charge in [-0.05, 0) is 59.7 Å². The van der Waals surface area contributed by atoms with Crippen LogP contribution in [0.3, 0.4) is 0 Å². The second-order valence-electron chi connectivity index (χ2n) is 8.59. The first-order valence-electron chi connectivity index (χ1n) is 11.8. The monoisotopic (exact) mass is 509 g/mol. The van der Waals surface area contributed by atoms with Crippen LogP contribution in [-0.4, -0.2) is 59.7 Å². The number of methoxy groups -OCH3 is 1. The van der Waals surface area contributed by atoms with Crippen LogP contribution in [0.25, 0.3) is 0 Å². The summed E-state index contributed by atoms with van der Waals surface area (Å²) in [7, 11) is -0.735. The summed E-state index contributed by atoms with van der Waals surface area (Å²) < 4.78 is 37.6. The fraction of sp³-hybridized carbons (Fsp3) is 0.296. The lowest BCUT2D eigenvalue weighted by molar-refractivity contribution is 0.0342. The molecule has 0 bridgehead atoms. The van der Waals surface area contributed by atoms with Gasteiger partial charge < -0.3 is 14.8 Å². The quantitative estimate of drug-likeness (QED) is 0.476. The summed E-state index contributed by atoms with van der Waals surface area (Å²) in [6.07, 6.45) is 0. The zero-order valence-corrected chi connectivity index (χ0v) is 21.3. The SMILES string of the molecule is COc1ccc(S(=O)(=O)N(C)c2ccc(C(=O)NCc3cccc(CN4CCOCC4)c3)cc2)cc1. The Labute approximate surface area is 212 Å². The molecule has 9 heteroatoms. The van der Waals surface area contributed by atoms with Crippen molar-refractivity contribution >= 4 is 21.6 Å². The van der Waals surface area contributed by atoms with E-state index in [9.17, 15) is 13.2 Å². The van der Waals surface area contributed by atoms with Crippen molar-refractivity contribution in [2.24, 2.45) is 0 Å². The van der Waals surface area contributed by atoms with E-state index in [1.54, 1.807) is 36.4 Å². The number of ether oxygens (including phenoxy) is 2.